The Hall–Kier alpha value is -1.77. The minimum absolute atomic E-state index is 0.160. The number of rotatable bonds is 3. The highest BCUT2D eigenvalue weighted by atomic mass is 16.7. The van der Waals surface area contributed by atoms with Crippen molar-refractivity contribution in [3.63, 3.8) is 0 Å². The highest BCUT2D eigenvalue weighted by Crippen LogP contribution is 2.40. The predicted molar refractivity (Wildman–Crippen MR) is 84.7 cm³/mol. The fourth-order valence-corrected chi connectivity index (χ4v) is 3.23. The lowest BCUT2D eigenvalue weighted by Crippen LogP contribution is -2.35. The largest absolute Gasteiger partial charge is 0.497 e. The van der Waals surface area contributed by atoms with Crippen molar-refractivity contribution < 1.29 is 9.57 Å². The lowest BCUT2D eigenvalue weighted by molar-refractivity contribution is -0.0523. The molecule has 0 unspecified atom stereocenters. The molecule has 0 bridgehead atoms. The molecule has 0 saturated carbocycles. The number of nitrogens with zero attached hydrogens (tertiary/aromatic N) is 1. The van der Waals surface area contributed by atoms with Crippen molar-refractivity contribution in [2.24, 2.45) is 11.1 Å². The SMILES string of the molecule is COc1ccc(C2=NO[C@@](C)([C@H]3CC=C(C)CC3)C2)cc1. The van der Waals surface area contributed by atoms with Gasteiger partial charge in [0.1, 0.15) is 11.4 Å². The van der Waals surface area contributed by atoms with E-state index in [1.54, 1.807) is 7.11 Å². The van der Waals surface area contributed by atoms with Gasteiger partial charge in [-0.25, -0.2) is 0 Å². The van der Waals surface area contributed by atoms with Gasteiger partial charge in [-0.1, -0.05) is 16.8 Å². The van der Waals surface area contributed by atoms with Gasteiger partial charge < -0.3 is 9.57 Å². The molecule has 0 amide bonds. The number of benzene rings is 1. The van der Waals surface area contributed by atoms with Gasteiger partial charge in [-0.2, -0.15) is 0 Å². The van der Waals surface area contributed by atoms with Gasteiger partial charge in [0, 0.05) is 12.3 Å². The maximum Gasteiger partial charge on any atom is 0.143 e. The Morgan fingerprint density at radius 2 is 2.05 bits per heavy atom. The zero-order chi connectivity index (χ0) is 14.9. The van der Waals surface area contributed by atoms with E-state index in [1.807, 2.05) is 12.1 Å². The zero-order valence-electron chi connectivity index (χ0n) is 13.1. The molecule has 112 valence electrons. The topological polar surface area (TPSA) is 30.8 Å². The van der Waals surface area contributed by atoms with Crippen LogP contribution in [0.2, 0.25) is 0 Å². The van der Waals surface area contributed by atoms with E-state index in [0.717, 1.165) is 29.9 Å². The molecule has 2 atom stereocenters. The molecule has 1 aliphatic carbocycles. The van der Waals surface area contributed by atoms with Gasteiger partial charge in [0.15, 0.2) is 0 Å². The summed E-state index contributed by atoms with van der Waals surface area (Å²) in [7, 11) is 1.68. The fraction of sp³-hybridized carbons (Fsp3) is 0.500. The van der Waals surface area contributed by atoms with Crippen LogP contribution in [0.1, 0.15) is 45.1 Å². The summed E-state index contributed by atoms with van der Waals surface area (Å²) in [4.78, 5) is 5.87. The maximum absolute atomic E-state index is 5.87. The Kier molecular flexibility index (Phi) is 3.75. The van der Waals surface area contributed by atoms with Gasteiger partial charge in [0.25, 0.3) is 0 Å². The molecule has 1 aromatic carbocycles. The van der Waals surface area contributed by atoms with Crippen LogP contribution < -0.4 is 4.74 Å². The van der Waals surface area contributed by atoms with Gasteiger partial charge in [0.2, 0.25) is 0 Å². The smallest absolute Gasteiger partial charge is 0.143 e. The molecule has 3 nitrogen and oxygen atoms in total. The van der Waals surface area contributed by atoms with E-state index in [4.69, 9.17) is 9.57 Å². The number of hydrogen-bond donors (Lipinski definition) is 0. The molecule has 1 aliphatic heterocycles. The Morgan fingerprint density at radius 1 is 1.29 bits per heavy atom. The van der Waals surface area contributed by atoms with E-state index >= 15 is 0 Å². The average molecular weight is 285 g/mol. The van der Waals surface area contributed by atoms with Gasteiger partial charge in [-0.3, -0.25) is 0 Å². The van der Waals surface area contributed by atoms with Crippen molar-refractivity contribution in [2.45, 2.75) is 45.1 Å². The van der Waals surface area contributed by atoms with Crippen LogP contribution in [0, 0.1) is 5.92 Å². The van der Waals surface area contributed by atoms with Crippen LogP contribution in [-0.2, 0) is 4.84 Å². The molecule has 3 rings (SSSR count). The van der Waals surface area contributed by atoms with Gasteiger partial charge in [-0.15, -0.1) is 0 Å². The van der Waals surface area contributed by atoms with Crippen molar-refractivity contribution >= 4 is 5.71 Å². The Labute approximate surface area is 126 Å². The van der Waals surface area contributed by atoms with Crippen LogP contribution >= 0.6 is 0 Å². The average Bonchev–Trinajstić information content (AvgIpc) is 2.92. The molecule has 0 fully saturated rings. The molecule has 1 aromatic rings. The summed E-state index contributed by atoms with van der Waals surface area (Å²) >= 11 is 0. The lowest BCUT2D eigenvalue weighted by Gasteiger charge is -2.33. The van der Waals surface area contributed by atoms with Crippen molar-refractivity contribution in [1.82, 2.24) is 0 Å². The zero-order valence-corrected chi connectivity index (χ0v) is 13.1. The first-order chi connectivity index (χ1) is 10.1. The minimum Gasteiger partial charge on any atom is -0.497 e. The van der Waals surface area contributed by atoms with Crippen LogP contribution in [0.25, 0.3) is 0 Å². The summed E-state index contributed by atoms with van der Waals surface area (Å²) in [5, 5.41) is 4.36. The monoisotopic (exact) mass is 285 g/mol. The van der Waals surface area contributed by atoms with Crippen molar-refractivity contribution in [1.29, 1.82) is 0 Å². The molecule has 0 spiro atoms. The highest BCUT2D eigenvalue weighted by Gasteiger charge is 2.42. The van der Waals surface area contributed by atoms with E-state index < -0.39 is 0 Å². The Morgan fingerprint density at radius 3 is 2.67 bits per heavy atom. The molecule has 1 heterocycles. The highest BCUT2D eigenvalue weighted by molar-refractivity contribution is 6.01. The first-order valence-corrected chi connectivity index (χ1v) is 7.66. The number of hydrogen-bond acceptors (Lipinski definition) is 3. The third-order valence-corrected chi connectivity index (χ3v) is 4.81. The second-order valence-electron chi connectivity index (χ2n) is 6.37. The Bertz CT molecular complexity index is 573. The normalized spacial score (nSPS) is 28.6. The maximum atomic E-state index is 5.87. The molecular weight excluding hydrogens is 262 g/mol. The summed E-state index contributed by atoms with van der Waals surface area (Å²) in [6, 6.07) is 8.05. The summed E-state index contributed by atoms with van der Waals surface area (Å²) in [5.41, 5.74) is 3.52. The van der Waals surface area contributed by atoms with Crippen LogP contribution in [-0.4, -0.2) is 18.4 Å². The second kappa shape index (κ2) is 5.55. The molecule has 21 heavy (non-hydrogen) atoms. The second-order valence-corrected chi connectivity index (χ2v) is 6.37. The number of ether oxygens (including phenoxy) is 1. The summed E-state index contributed by atoms with van der Waals surface area (Å²) in [6.45, 7) is 4.42. The van der Waals surface area contributed by atoms with E-state index in [9.17, 15) is 0 Å². The lowest BCUT2D eigenvalue weighted by atomic mass is 9.76. The minimum atomic E-state index is -0.160. The summed E-state index contributed by atoms with van der Waals surface area (Å²) < 4.78 is 5.20. The first-order valence-electron chi connectivity index (χ1n) is 7.66. The van der Waals surface area contributed by atoms with E-state index in [-0.39, 0.29) is 5.60 Å². The molecule has 0 saturated heterocycles. The van der Waals surface area contributed by atoms with Crippen molar-refractivity contribution in [3.8, 4) is 5.75 Å². The van der Waals surface area contributed by atoms with Crippen molar-refractivity contribution in [3.05, 3.63) is 41.5 Å². The van der Waals surface area contributed by atoms with Gasteiger partial charge >= 0.3 is 0 Å². The van der Waals surface area contributed by atoms with Gasteiger partial charge in [-0.05, 0) is 62.9 Å². The molecule has 0 N–H and O–H groups in total. The standard InChI is InChI=1S/C18H23NO2/c1-13-4-8-15(9-5-13)18(2)12-17(19-21-18)14-6-10-16(20-3)11-7-14/h4,6-7,10-11,15H,5,8-9,12H2,1-3H3/t15-,18+/m0/s1. The Balaban J connectivity index is 1.71. The molecule has 0 radical (unpaired) electrons. The van der Waals surface area contributed by atoms with E-state index in [2.05, 4.69) is 37.2 Å². The summed E-state index contributed by atoms with van der Waals surface area (Å²) in [5.74, 6) is 1.43. The third-order valence-electron chi connectivity index (χ3n) is 4.81. The van der Waals surface area contributed by atoms with Crippen LogP contribution in [0.15, 0.2) is 41.1 Å². The predicted octanol–water partition coefficient (Wildman–Crippen LogP) is 4.32. The van der Waals surface area contributed by atoms with Crippen LogP contribution in [0.4, 0.5) is 0 Å². The number of oxime groups is 1. The van der Waals surface area contributed by atoms with Crippen LogP contribution in [0.5, 0.6) is 5.75 Å². The molecular formula is C18H23NO2. The fourth-order valence-electron chi connectivity index (χ4n) is 3.23. The third kappa shape index (κ3) is 2.82. The van der Waals surface area contributed by atoms with E-state index in [0.29, 0.717) is 5.92 Å². The molecule has 2 aliphatic rings. The first kappa shape index (κ1) is 14.2. The quantitative estimate of drug-likeness (QED) is 0.774. The van der Waals surface area contributed by atoms with E-state index in [1.165, 1.54) is 18.4 Å². The van der Waals surface area contributed by atoms with Crippen molar-refractivity contribution in [2.75, 3.05) is 7.11 Å². The number of allylic oxidation sites excluding steroid dienone is 2. The van der Waals surface area contributed by atoms with Crippen LogP contribution in [0.3, 0.4) is 0 Å². The molecule has 0 aromatic heterocycles. The van der Waals surface area contributed by atoms with Gasteiger partial charge in [0.05, 0.1) is 12.8 Å². The number of methoxy groups -OCH3 is 1. The summed E-state index contributed by atoms with van der Waals surface area (Å²) in [6.07, 6.45) is 6.73. The molecule has 3 heteroatoms.